The molecule has 0 bridgehead atoms. The molecule has 1 rings (SSSR count). The second-order valence-electron chi connectivity index (χ2n) is 5.98. The first-order valence-electron chi connectivity index (χ1n) is 7.05. The second kappa shape index (κ2) is 8.84. The molecule has 0 fully saturated rings. The number of aliphatic imine (C=N–C) groups is 1. The molecule has 22 heavy (non-hydrogen) atoms. The zero-order valence-electron chi connectivity index (χ0n) is 13.3. The summed E-state index contributed by atoms with van der Waals surface area (Å²) in [7, 11) is -0.760. The molecule has 1 aromatic carbocycles. The Morgan fingerprint density at radius 2 is 2.05 bits per heavy atom. The minimum absolute atomic E-state index is 0.265. The summed E-state index contributed by atoms with van der Waals surface area (Å²) in [5.74, 6) is 0.472. The summed E-state index contributed by atoms with van der Waals surface area (Å²) < 4.78 is 11.9. The minimum Gasteiger partial charge on any atom is -0.490 e. The topological polar surface area (TPSA) is 47.9 Å². The molecule has 4 nitrogen and oxygen atoms in total. The van der Waals surface area contributed by atoms with E-state index < -0.39 is 8.80 Å². The normalized spacial score (nSPS) is 11.4. The van der Waals surface area contributed by atoms with Gasteiger partial charge in [0.15, 0.2) is 0 Å². The molecule has 0 heterocycles. The molecular formula is C15H21BrClNO3Si. The van der Waals surface area contributed by atoms with Crippen LogP contribution in [0.4, 0.5) is 5.69 Å². The van der Waals surface area contributed by atoms with E-state index in [0.717, 1.165) is 6.61 Å². The van der Waals surface area contributed by atoms with E-state index in [4.69, 9.17) is 21.1 Å². The summed E-state index contributed by atoms with van der Waals surface area (Å²) >= 11 is 9.38. The Morgan fingerprint density at radius 1 is 1.36 bits per heavy atom. The average molecular weight is 407 g/mol. The van der Waals surface area contributed by atoms with Crippen molar-refractivity contribution in [2.24, 2.45) is 4.99 Å². The Hall–Kier alpha value is -0.653. The molecule has 0 spiro atoms. The van der Waals surface area contributed by atoms with E-state index in [1.165, 1.54) is 6.08 Å². The summed E-state index contributed by atoms with van der Waals surface area (Å²) in [6.45, 7) is 10.7. The third-order valence-corrected chi connectivity index (χ3v) is 7.91. The first-order valence-corrected chi connectivity index (χ1v) is 11.1. The number of hydrogen-bond donors (Lipinski definition) is 0. The van der Waals surface area contributed by atoms with Crippen LogP contribution in [0.25, 0.3) is 0 Å². The largest absolute Gasteiger partial charge is 0.490 e. The third kappa shape index (κ3) is 5.86. The lowest BCUT2D eigenvalue weighted by molar-refractivity contribution is 0.0848. The molecular weight excluding hydrogens is 386 g/mol. The van der Waals surface area contributed by atoms with Crippen LogP contribution in [0, 0.1) is 0 Å². The molecule has 0 unspecified atom stereocenters. The van der Waals surface area contributed by atoms with Crippen LogP contribution in [-0.4, -0.2) is 34.7 Å². The van der Waals surface area contributed by atoms with Gasteiger partial charge in [0, 0.05) is 25.9 Å². The van der Waals surface area contributed by atoms with E-state index in [1.807, 2.05) is 0 Å². The predicted molar refractivity (Wildman–Crippen MR) is 96.2 cm³/mol. The maximum atomic E-state index is 10.4. The van der Waals surface area contributed by atoms with Crippen LogP contribution in [-0.2, 0) is 9.53 Å². The summed E-state index contributed by atoms with van der Waals surface area (Å²) in [5.41, 5.74) is 0.433. The smallest absolute Gasteiger partial charge is 0.240 e. The van der Waals surface area contributed by atoms with Crippen LogP contribution in [0.3, 0.4) is 0 Å². The highest BCUT2D eigenvalue weighted by Gasteiger charge is 2.23. The quantitative estimate of drug-likeness (QED) is 0.271. The number of hydrogen-bond acceptors (Lipinski definition) is 4. The Labute approximate surface area is 146 Å². The van der Waals surface area contributed by atoms with Crippen molar-refractivity contribution in [3.8, 4) is 5.75 Å². The Morgan fingerprint density at radius 3 is 2.64 bits per heavy atom. The maximum absolute atomic E-state index is 10.4. The van der Waals surface area contributed by atoms with E-state index in [0.29, 0.717) is 34.1 Å². The Bertz CT molecular complexity index is 560. The van der Waals surface area contributed by atoms with Crippen molar-refractivity contribution in [1.82, 2.24) is 0 Å². The highest BCUT2D eigenvalue weighted by molar-refractivity contribution is 9.10. The fourth-order valence-corrected chi connectivity index (χ4v) is 2.71. The molecule has 0 amide bonds. The van der Waals surface area contributed by atoms with Crippen molar-refractivity contribution in [3.63, 3.8) is 0 Å². The first kappa shape index (κ1) is 19.4. The van der Waals surface area contributed by atoms with Gasteiger partial charge in [-0.25, -0.2) is 4.79 Å². The number of benzene rings is 1. The Kier molecular flexibility index (Phi) is 7.80. The van der Waals surface area contributed by atoms with Gasteiger partial charge >= 0.3 is 0 Å². The second-order valence-corrected chi connectivity index (χ2v) is 11.1. The summed E-state index contributed by atoms with van der Waals surface area (Å²) in [5, 5.41) is 0.716. The van der Waals surface area contributed by atoms with Crippen molar-refractivity contribution in [2.45, 2.75) is 32.0 Å². The summed E-state index contributed by atoms with van der Waals surface area (Å²) in [6, 6.07) is 3.24. The molecule has 0 aliphatic rings. The average Bonchev–Trinajstić information content (AvgIpc) is 2.43. The SMILES string of the molecule is C[SiH](C)C(C)(C)COCCOc1cc(N=C=O)c(Br)cc1Cl. The molecule has 1 aromatic rings. The van der Waals surface area contributed by atoms with Crippen molar-refractivity contribution < 1.29 is 14.3 Å². The van der Waals surface area contributed by atoms with E-state index >= 15 is 0 Å². The van der Waals surface area contributed by atoms with Gasteiger partial charge in [0.05, 0.1) is 17.3 Å². The van der Waals surface area contributed by atoms with Gasteiger partial charge < -0.3 is 9.47 Å². The third-order valence-electron chi connectivity index (χ3n) is 3.69. The maximum Gasteiger partial charge on any atom is 0.240 e. The molecule has 0 radical (unpaired) electrons. The van der Waals surface area contributed by atoms with Gasteiger partial charge in [-0.2, -0.15) is 4.99 Å². The monoisotopic (exact) mass is 405 g/mol. The van der Waals surface area contributed by atoms with Crippen LogP contribution in [0.15, 0.2) is 21.6 Å². The zero-order chi connectivity index (χ0) is 16.8. The summed E-state index contributed by atoms with van der Waals surface area (Å²) in [6.07, 6.45) is 1.50. The molecule has 0 aliphatic carbocycles. The van der Waals surface area contributed by atoms with E-state index in [9.17, 15) is 4.79 Å². The zero-order valence-corrected chi connectivity index (χ0v) is 16.8. The van der Waals surface area contributed by atoms with E-state index in [2.05, 4.69) is 47.9 Å². The number of halogens is 2. The first-order chi connectivity index (χ1) is 10.3. The number of rotatable bonds is 8. The van der Waals surface area contributed by atoms with Crippen molar-refractivity contribution in [2.75, 3.05) is 19.8 Å². The van der Waals surface area contributed by atoms with E-state index in [1.54, 1.807) is 12.1 Å². The molecule has 122 valence electrons. The van der Waals surface area contributed by atoms with Gasteiger partial charge in [-0.1, -0.05) is 38.5 Å². The number of nitrogens with zero attached hydrogens (tertiary/aromatic N) is 1. The molecule has 0 saturated carbocycles. The molecule has 0 saturated heterocycles. The highest BCUT2D eigenvalue weighted by atomic mass is 79.9. The molecule has 0 N–H and O–H groups in total. The van der Waals surface area contributed by atoms with Crippen LogP contribution in [0.1, 0.15) is 13.8 Å². The standard InChI is InChI=1S/C15H21BrClNO3Si/c1-15(2,22(3)4)9-20-5-6-21-14-8-13(18-10-19)11(16)7-12(14)17/h7-8,22H,5-6,9H2,1-4H3. The van der Waals surface area contributed by atoms with Gasteiger partial charge in [0.2, 0.25) is 6.08 Å². The van der Waals surface area contributed by atoms with Crippen LogP contribution in [0.5, 0.6) is 5.75 Å². The molecule has 0 aromatic heterocycles. The lowest BCUT2D eigenvalue weighted by Gasteiger charge is -2.27. The van der Waals surface area contributed by atoms with Crippen molar-refractivity contribution in [3.05, 3.63) is 21.6 Å². The fourth-order valence-electron chi connectivity index (χ4n) is 1.48. The van der Waals surface area contributed by atoms with E-state index in [-0.39, 0.29) is 5.04 Å². The van der Waals surface area contributed by atoms with Gasteiger partial charge in [-0.15, -0.1) is 0 Å². The van der Waals surface area contributed by atoms with Gasteiger partial charge in [-0.05, 0) is 27.0 Å². The minimum atomic E-state index is -0.760. The highest BCUT2D eigenvalue weighted by Crippen LogP contribution is 2.36. The Balaban J connectivity index is 2.52. The predicted octanol–water partition coefficient (Wildman–Crippen LogP) is 4.73. The molecule has 0 atom stereocenters. The van der Waals surface area contributed by atoms with Gasteiger partial charge in [-0.3, -0.25) is 0 Å². The van der Waals surface area contributed by atoms with Gasteiger partial charge in [0.25, 0.3) is 0 Å². The van der Waals surface area contributed by atoms with Crippen molar-refractivity contribution >= 4 is 48.1 Å². The lowest BCUT2D eigenvalue weighted by atomic mass is 10.2. The summed E-state index contributed by atoms with van der Waals surface area (Å²) in [4.78, 5) is 14.0. The van der Waals surface area contributed by atoms with Crippen LogP contribution < -0.4 is 4.74 Å². The van der Waals surface area contributed by atoms with Crippen molar-refractivity contribution in [1.29, 1.82) is 0 Å². The fraction of sp³-hybridized carbons (Fsp3) is 0.533. The molecule has 7 heteroatoms. The number of carbonyl (C=O) groups excluding carboxylic acids is 1. The number of isocyanates is 1. The number of ether oxygens (including phenoxy) is 2. The lowest BCUT2D eigenvalue weighted by Crippen LogP contribution is -2.27. The van der Waals surface area contributed by atoms with Crippen LogP contribution >= 0.6 is 27.5 Å². The molecule has 0 aliphatic heterocycles. The van der Waals surface area contributed by atoms with Gasteiger partial charge in [0.1, 0.15) is 12.4 Å². The van der Waals surface area contributed by atoms with Crippen LogP contribution in [0.2, 0.25) is 23.2 Å².